The maximum atomic E-state index is 11.6. The Hall–Kier alpha value is -1.16. The van der Waals surface area contributed by atoms with E-state index >= 15 is 0 Å². The number of carbonyl (C=O) groups excluding carboxylic acids is 1. The van der Waals surface area contributed by atoms with E-state index < -0.39 is 0 Å². The van der Waals surface area contributed by atoms with Crippen molar-refractivity contribution < 1.29 is 4.79 Å². The van der Waals surface area contributed by atoms with Crippen LogP contribution in [0.3, 0.4) is 0 Å². The lowest BCUT2D eigenvalue weighted by atomic mass is 10.0. The van der Waals surface area contributed by atoms with Gasteiger partial charge >= 0.3 is 0 Å². The van der Waals surface area contributed by atoms with Gasteiger partial charge in [-0.05, 0) is 25.8 Å². The Morgan fingerprint density at radius 1 is 1.41 bits per heavy atom. The molecule has 1 saturated carbocycles. The fraction of sp³-hybridized carbons (Fsp3) is 0.692. The number of carbonyl (C=O) groups is 1. The second-order valence-electron chi connectivity index (χ2n) is 5.16. The molecule has 3 rings (SSSR count). The third-order valence-corrected chi connectivity index (χ3v) is 4.05. The van der Waals surface area contributed by atoms with Gasteiger partial charge in [-0.25, -0.2) is 4.98 Å². The zero-order chi connectivity index (χ0) is 11.7. The topological polar surface area (TPSA) is 38.1 Å². The van der Waals surface area contributed by atoms with Crippen LogP contribution in [0.4, 0.5) is 0 Å². The largest absolute Gasteiger partial charge is 0.333 e. The van der Waals surface area contributed by atoms with Crippen molar-refractivity contribution in [2.75, 3.05) is 13.1 Å². The van der Waals surface area contributed by atoms with Crippen molar-refractivity contribution in [2.45, 2.75) is 38.8 Å². The van der Waals surface area contributed by atoms with Crippen molar-refractivity contribution in [1.82, 2.24) is 14.5 Å². The van der Waals surface area contributed by atoms with Crippen LogP contribution in [-0.2, 0) is 17.9 Å². The van der Waals surface area contributed by atoms with E-state index in [1.807, 2.05) is 12.4 Å². The Bertz CT molecular complexity index is 413. The van der Waals surface area contributed by atoms with Gasteiger partial charge in [0.05, 0.1) is 6.54 Å². The van der Waals surface area contributed by atoms with Crippen LogP contribution in [0.15, 0.2) is 12.4 Å². The Morgan fingerprint density at radius 3 is 3.18 bits per heavy atom. The van der Waals surface area contributed by atoms with Crippen LogP contribution < -0.4 is 0 Å². The first kappa shape index (κ1) is 11.0. The smallest absolute Gasteiger partial charge is 0.136 e. The molecule has 17 heavy (non-hydrogen) atoms. The van der Waals surface area contributed by atoms with Gasteiger partial charge in [-0.15, -0.1) is 0 Å². The highest BCUT2D eigenvalue weighted by Gasteiger charge is 2.25. The van der Waals surface area contributed by atoms with Crippen molar-refractivity contribution >= 4 is 5.78 Å². The molecule has 1 aliphatic carbocycles. The average Bonchev–Trinajstić information content (AvgIpc) is 2.94. The van der Waals surface area contributed by atoms with Crippen LogP contribution >= 0.6 is 0 Å². The molecule has 1 aromatic heterocycles. The van der Waals surface area contributed by atoms with E-state index in [2.05, 4.69) is 14.5 Å². The summed E-state index contributed by atoms with van der Waals surface area (Å²) < 4.78 is 2.22. The number of rotatable bonds is 3. The van der Waals surface area contributed by atoms with Gasteiger partial charge in [0.15, 0.2) is 0 Å². The lowest BCUT2D eigenvalue weighted by Gasteiger charge is -2.28. The van der Waals surface area contributed by atoms with E-state index in [1.54, 1.807) is 0 Å². The predicted octanol–water partition coefficient (Wildman–Crippen LogP) is 1.46. The first-order valence-corrected chi connectivity index (χ1v) is 6.58. The molecule has 1 aliphatic heterocycles. The number of aromatic nitrogens is 2. The standard InChI is InChI=1S/C13H19N3O/c17-12-3-1-2-11(12)4-6-15-8-9-16-7-5-14-13(16)10-15/h5,7,11H,1-4,6,8-10H2. The Morgan fingerprint density at radius 2 is 2.35 bits per heavy atom. The molecule has 0 radical (unpaired) electrons. The minimum absolute atomic E-state index is 0.344. The van der Waals surface area contributed by atoms with Crippen molar-refractivity contribution in [2.24, 2.45) is 5.92 Å². The fourth-order valence-electron chi connectivity index (χ4n) is 2.95. The first-order chi connectivity index (χ1) is 8.33. The fourth-order valence-corrected chi connectivity index (χ4v) is 2.95. The normalized spacial score (nSPS) is 25.2. The molecule has 0 saturated heterocycles. The number of hydrogen-bond acceptors (Lipinski definition) is 3. The average molecular weight is 233 g/mol. The maximum Gasteiger partial charge on any atom is 0.136 e. The van der Waals surface area contributed by atoms with Crippen LogP contribution in [0.5, 0.6) is 0 Å². The molecular weight excluding hydrogens is 214 g/mol. The summed E-state index contributed by atoms with van der Waals surface area (Å²) in [6, 6.07) is 0. The second-order valence-corrected chi connectivity index (χ2v) is 5.16. The molecule has 1 aromatic rings. The summed E-state index contributed by atoms with van der Waals surface area (Å²) in [4.78, 5) is 18.3. The third-order valence-electron chi connectivity index (χ3n) is 4.05. The van der Waals surface area contributed by atoms with Gasteiger partial charge in [-0.1, -0.05) is 0 Å². The first-order valence-electron chi connectivity index (χ1n) is 6.58. The third kappa shape index (κ3) is 2.27. The Labute approximate surface area is 102 Å². The highest BCUT2D eigenvalue weighted by Crippen LogP contribution is 2.25. The molecule has 0 spiro atoms. The monoisotopic (exact) mass is 233 g/mol. The van der Waals surface area contributed by atoms with Gasteiger partial charge in [-0.2, -0.15) is 0 Å². The van der Waals surface area contributed by atoms with Crippen molar-refractivity contribution in [3.8, 4) is 0 Å². The summed E-state index contributed by atoms with van der Waals surface area (Å²) in [5, 5.41) is 0. The highest BCUT2D eigenvalue weighted by molar-refractivity contribution is 5.82. The molecule has 92 valence electrons. The molecule has 2 aliphatic rings. The van der Waals surface area contributed by atoms with E-state index in [-0.39, 0.29) is 0 Å². The van der Waals surface area contributed by atoms with Crippen LogP contribution in [0, 0.1) is 5.92 Å². The predicted molar refractivity (Wildman–Crippen MR) is 64.5 cm³/mol. The zero-order valence-electron chi connectivity index (χ0n) is 10.1. The Kier molecular flexibility index (Phi) is 2.97. The molecule has 1 fully saturated rings. The summed E-state index contributed by atoms with van der Waals surface area (Å²) in [5.74, 6) is 1.99. The second kappa shape index (κ2) is 4.61. The number of hydrogen-bond donors (Lipinski definition) is 0. The van der Waals surface area contributed by atoms with Crippen LogP contribution in [0.25, 0.3) is 0 Å². The molecule has 1 unspecified atom stereocenters. The SMILES string of the molecule is O=C1CCCC1CCN1CCn2ccnc2C1. The summed E-state index contributed by atoms with van der Waals surface area (Å²) >= 11 is 0. The summed E-state index contributed by atoms with van der Waals surface area (Å²) in [6.45, 7) is 4.11. The molecule has 2 heterocycles. The quantitative estimate of drug-likeness (QED) is 0.793. The Balaban J connectivity index is 1.52. The maximum absolute atomic E-state index is 11.6. The lowest BCUT2D eigenvalue weighted by Crippen LogP contribution is -2.35. The van der Waals surface area contributed by atoms with E-state index in [1.165, 1.54) is 0 Å². The van der Waals surface area contributed by atoms with E-state index in [4.69, 9.17) is 0 Å². The molecule has 0 N–H and O–H groups in total. The van der Waals surface area contributed by atoms with Crippen molar-refractivity contribution in [1.29, 1.82) is 0 Å². The van der Waals surface area contributed by atoms with Gasteiger partial charge in [0, 0.05) is 37.8 Å². The molecule has 1 atom stereocenters. The number of nitrogens with zero attached hydrogens (tertiary/aromatic N) is 3. The molecule has 0 amide bonds. The van der Waals surface area contributed by atoms with Crippen molar-refractivity contribution in [3.05, 3.63) is 18.2 Å². The van der Waals surface area contributed by atoms with E-state index in [0.717, 1.165) is 57.7 Å². The van der Waals surface area contributed by atoms with E-state index in [0.29, 0.717) is 11.7 Å². The zero-order valence-corrected chi connectivity index (χ0v) is 10.1. The molecule has 0 aromatic carbocycles. The van der Waals surface area contributed by atoms with Gasteiger partial charge in [-0.3, -0.25) is 9.69 Å². The molecule has 4 heteroatoms. The summed E-state index contributed by atoms with van der Waals surface area (Å²) in [5.41, 5.74) is 0. The number of imidazole rings is 1. The highest BCUT2D eigenvalue weighted by atomic mass is 16.1. The minimum atomic E-state index is 0.344. The number of ketones is 1. The molecule has 0 bridgehead atoms. The van der Waals surface area contributed by atoms with Gasteiger partial charge < -0.3 is 4.57 Å². The summed E-state index contributed by atoms with van der Waals surface area (Å²) in [6.07, 6.45) is 8.00. The van der Waals surface area contributed by atoms with Crippen LogP contribution in [0.1, 0.15) is 31.5 Å². The van der Waals surface area contributed by atoms with Gasteiger partial charge in [0.25, 0.3) is 0 Å². The van der Waals surface area contributed by atoms with Crippen LogP contribution in [0.2, 0.25) is 0 Å². The van der Waals surface area contributed by atoms with Crippen LogP contribution in [-0.4, -0.2) is 33.3 Å². The van der Waals surface area contributed by atoms with E-state index in [9.17, 15) is 4.79 Å². The van der Waals surface area contributed by atoms with Gasteiger partial charge in [0.2, 0.25) is 0 Å². The number of Topliss-reactive ketones (excluding diaryl/α,β-unsaturated/α-hetero) is 1. The number of fused-ring (bicyclic) bond motifs is 1. The minimum Gasteiger partial charge on any atom is -0.333 e. The van der Waals surface area contributed by atoms with Crippen molar-refractivity contribution in [3.63, 3.8) is 0 Å². The molecule has 4 nitrogen and oxygen atoms in total. The molecular formula is C13H19N3O. The van der Waals surface area contributed by atoms with Gasteiger partial charge in [0.1, 0.15) is 11.6 Å². The lowest BCUT2D eigenvalue weighted by molar-refractivity contribution is -0.120. The summed E-state index contributed by atoms with van der Waals surface area (Å²) in [7, 11) is 0.